The van der Waals surface area contributed by atoms with Gasteiger partial charge in [-0.25, -0.2) is 0 Å². The van der Waals surface area contributed by atoms with Gasteiger partial charge in [0.05, 0.1) is 32.8 Å². The second-order valence-electron chi connectivity index (χ2n) is 18.5. The van der Waals surface area contributed by atoms with Gasteiger partial charge >= 0.3 is 23.9 Å². The molecule has 2 fully saturated rings. The summed E-state index contributed by atoms with van der Waals surface area (Å²) in [6.45, 7) is 5.25. The maximum Gasteiger partial charge on any atom is 0.330 e. The van der Waals surface area contributed by atoms with Crippen LogP contribution in [0.4, 0.5) is 28.4 Å². The fourth-order valence-corrected chi connectivity index (χ4v) is 10.7. The number of rotatable bonds is 10. The first-order valence-electron chi connectivity index (χ1n) is 22.1. The van der Waals surface area contributed by atoms with E-state index in [9.17, 15) is 40.5 Å². The average Bonchev–Trinajstić information content (AvgIpc) is 3.33. The highest BCUT2D eigenvalue weighted by molar-refractivity contribution is 6.08. The molecule has 3 aliphatic heterocycles. The summed E-state index contributed by atoms with van der Waals surface area (Å²) in [6.07, 6.45) is -0.411. The van der Waals surface area contributed by atoms with Gasteiger partial charge in [-0.3, -0.25) is 59.6 Å². The van der Waals surface area contributed by atoms with Crippen LogP contribution in [-0.4, -0.2) is 62.3 Å². The van der Waals surface area contributed by atoms with Crippen molar-refractivity contribution < 1.29 is 62.6 Å². The van der Waals surface area contributed by atoms with Gasteiger partial charge in [-0.2, -0.15) is 0 Å². The third-order valence-electron chi connectivity index (χ3n) is 13.6. The van der Waals surface area contributed by atoms with Crippen LogP contribution >= 0.6 is 0 Å². The molecule has 4 aliphatic rings. The maximum absolute atomic E-state index is 15.9. The quantitative estimate of drug-likeness (QED) is 0.0548. The molecule has 4 atom stereocenters. The number of cyclic esters (lactones) is 4. The number of carbonyl (C=O) groups excluding carboxylic acids is 4. The number of nitro benzene ring substituents is 4. The normalized spacial score (nSPS) is 22.4. The van der Waals surface area contributed by atoms with Crippen LogP contribution in [0.5, 0.6) is 5.75 Å². The van der Waals surface area contributed by atoms with Crippen LogP contribution in [0.25, 0.3) is 0 Å². The minimum Gasteiger partial charge on any atom is -0.497 e. The van der Waals surface area contributed by atoms with Crippen molar-refractivity contribution in [2.75, 3.05) is 12.0 Å². The Balaban J connectivity index is 1.52. The summed E-state index contributed by atoms with van der Waals surface area (Å²) < 4.78 is 29.8. The van der Waals surface area contributed by atoms with Gasteiger partial charge in [0.15, 0.2) is 10.8 Å². The summed E-state index contributed by atoms with van der Waals surface area (Å²) >= 11 is 0. The molecule has 0 amide bonds. The van der Waals surface area contributed by atoms with Gasteiger partial charge in [0.2, 0.25) is 0 Å². The number of ether oxygens (including phenoxy) is 5. The van der Waals surface area contributed by atoms with Crippen molar-refractivity contribution in [3.05, 3.63) is 195 Å². The van der Waals surface area contributed by atoms with Crippen molar-refractivity contribution in [3.63, 3.8) is 0 Å². The molecule has 5 aromatic rings. The molecule has 0 bridgehead atoms. The number of nitro groups is 4. The van der Waals surface area contributed by atoms with Gasteiger partial charge in [-0.1, -0.05) is 48.5 Å². The first kappa shape index (κ1) is 48.0. The van der Waals surface area contributed by atoms with Crippen LogP contribution in [0.1, 0.15) is 80.2 Å². The van der Waals surface area contributed by atoms with Gasteiger partial charge in [-0.15, -0.1) is 0 Å². The number of allylic oxidation sites excluding steroid dienone is 2. The third kappa shape index (κ3) is 7.49. The predicted molar refractivity (Wildman–Crippen MR) is 248 cm³/mol. The van der Waals surface area contributed by atoms with E-state index >= 15 is 19.2 Å². The zero-order chi connectivity index (χ0) is 51.8. The second-order valence-corrected chi connectivity index (χ2v) is 18.5. The van der Waals surface area contributed by atoms with E-state index in [1.54, 1.807) is 29.2 Å². The zero-order valence-corrected chi connectivity index (χ0v) is 38.7. The summed E-state index contributed by atoms with van der Waals surface area (Å²) in [5.41, 5.74) is -6.23. The number of nitrogens with zero attached hydrogens (tertiary/aromatic N) is 5. The highest BCUT2D eigenvalue weighted by Crippen LogP contribution is 2.71. The van der Waals surface area contributed by atoms with Gasteiger partial charge in [-0.05, 0) is 58.5 Å². The lowest BCUT2D eigenvalue weighted by molar-refractivity contribution is -0.385. The molecule has 5 aromatic carbocycles. The van der Waals surface area contributed by atoms with E-state index in [1.165, 1.54) is 95.5 Å². The lowest BCUT2D eigenvalue weighted by atomic mass is 9.48. The summed E-state index contributed by atoms with van der Waals surface area (Å²) in [5.74, 6) is -13.2. The number of anilines is 1. The highest BCUT2D eigenvalue weighted by Gasteiger charge is 2.76. The van der Waals surface area contributed by atoms with Crippen molar-refractivity contribution in [2.45, 2.75) is 69.5 Å². The molecule has 9 rings (SSSR count). The number of benzene rings is 5. The fourth-order valence-electron chi connectivity index (χ4n) is 10.7. The number of hydrogen-bond donors (Lipinski definition) is 0. The summed E-state index contributed by atoms with van der Waals surface area (Å²) in [4.78, 5) is 111. The van der Waals surface area contributed by atoms with Crippen molar-refractivity contribution in [1.29, 1.82) is 0 Å². The van der Waals surface area contributed by atoms with E-state index in [0.717, 1.165) is 36.4 Å². The summed E-state index contributed by atoms with van der Waals surface area (Å²) in [7, 11) is 1.42. The molecule has 4 unspecified atom stereocenters. The van der Waals surface area contributed by atoms with Crippen LogP contribution in [0.3, 0.4) is 0 Å². The molecule has 22 nitrogen and oxygen atoms in total. The third-order valence-corrected chi connectivity index (χ3v) is 13.6. The van der Waals surface area contributed by atoms with E-state index in [2.05, 4.69) is 0 Å². The monoisotopic (exact) mass is 983 g/mol. The molecule has 0 N–H and O–H groups in total. The molecular weight excluding hydrogens is 943 g/mol. The lowest BCUT2D eigenvalue weighted by Crippen LogP contribution is -2.67. The van der Waals surface area contributed by atoms with Crippen LogP contribution in [0.15, 0.2) is 133 Å². The van der Waals surface area contributed by atoms with Gasteiger partial charge < -0.3 is 28.6 Å². The Morgan fingerprint density at radius 2 is 0.819 bits per heavy atom. The molecular formula is C50H41N5O17. The topological polar surface area (TPSA) is 290 Å². The van der Waals surface area contributed by atoms with Crippen molar-refractivity contribution >= 4 is 52.3 Å². The van der Waals surface area contributed by atoms with Crippen LogP contribution in [0, 0.1) is 51.3 Å². The Kier molecular flexibility index (Phi) is 11.4. The Morgan fingerprint density at radius 1 is 0.486 bits per heavy atom. The molecule has 368 valence electrons. The molecule has 0 saturated carbocycles. The summed E-state index contributed by atoms with van der Waals surface area (Å²) in [5, 5.41) is 48.6. The maximum atomic E-state index is 15.9. The fraction of sp³-hybridized carbons (Fsp3) is 0.280. The second kappa shape index (κ2) is 17.1. The number of carbonyl (C=O) groups is 4. The number of esters is 4. The number of methoxy groups -OCH3 is 1. The van der Waals surface area contributed by atoms with Gasteiger partial charge in [0, 0.05) is 105 Å². The first-order valence-corrected chi connectivity index (χ1v) is 22.1. The van der Waals surface area contributed by atoms with Crippen LogP contribution in [-0.2, 0) is 38.1 Å². The minimum atomic E-state index is -2.73. The summed E-state index contributed by atoms with van der Waals surface area (Å²) in [6, 6.07) is 24.3. The van der Waals surface area contributed by atoms with E-state index in [-0.39, 0.29) is 50.6 Å². The highest BCUT2D eigenvalue weighted by atomic mass is 16.8. The molecule has 3 heterocycles. The number of non-ortho nitro benzene ring substituents is 4. The standard InChI is InChI=1S/C50H41N5O17/c1-47(2)69-43(56)49(44(57)70-47)37(27-6-14-32(15-7-27)52(60)61)26-38-39(40(49)28-8-16-33(17-9-28)53(62)63)41(29-10-18-34(19-11-29)54(64)65)50(45(58)71-48(3,4)72-46(50)59)42(30-12-20-35(21-13-30)55(66)67)51(38)31-22-24-36(68-5)25-23-31/h6-25,37,40-42H,26H2,1-5H3. The van der Waals surface area contributed by atoms with E-state index in [1.807, 2.05) is 0 Å². The molecule has 22 heteroatoms. The Hall–Kier alpha value is -9.08. The molecule has 2 saturated heterocycles. The van der Waals surface area contributed by atoms with E-state index in [4.69, 9.17) is 23.7 Å². The van der Waals surface area contributed by atoms with E-state index in [0.29, 0.717) is 5.75 Å². The van der Waals surface area contributed by atoms with Crippen LogP contribution < -0.4 is 9.64 Å². The Bertz CT molecular complexity index is 3050. The molecule has 0 radical (unpaired) electrons. The molecule has 72 heavy (non-hydrogen) atoms. The predicted octanol–water partition coefficient (Wildman–Crippen LogP) is 8.54. The van der Waals surface area contributed by atoms with Crippen molar-refractivity contribution in [1.82, 2.24) is 0 Å². The SMILES string of the molecule is COc1ccc(N2C3=C(C(c4ccc([N+](=O)[O-])cc4)C4(C(=O)OC(C)(C)OC4=O)C(c4ccc([N+](=O)[O-])cc4)C3)C(c3ccc([N+](=O)[O-])cc3)C3(C(=O)OC(C)(C)OC3=O)C2c2ccc([N+](=O)[O-])cc2)cc1. The first-order chi connectivity index (χ1) is 34.0. The number of hydrogen-bond acceptors (Lipinski definition) is 18. The molecule has 1 aliphatic carbocycles. The lowest BCUT2D eigenvalue weighted by Gasteiger charge is -2.61. The Labute approximate surface area is 407 Å². The molecule has 2 spiro atoms. The largest absolute Gasteiger partial charge is 0.497 e. The molecule has 0 aromatic heterocycles. The van der Waals surface area contributed by atoms with Gasteiger partial charge in [0.25, 0.3) is 34.3 Å². The van der Waals surface area contributed by atoms with Crippen LogP contribution in [0.2, 0.25) is 0 Å². The Morgan fingerprint density at radius 3 is 1.18 bits per heavy atom. The minimum absolute atomic E-state index is 0.0109. The zero-order valence-electron chi connectivity index (χ0n) is 38.7. The van der Waals surface area contributed by atoms with Crippen molar-refractivity contribution in [3.8, 4) is 5.75 Å². The van der Waals surface area contributed by atoms with E-state index < -0.39 is 108 Å². The average molecular weight is 984 g/mol. The van der Waals surface area contributed by atoms with Crippen molar-refractivity contribution in [2.24, 2.45) is 10.8 Å². The van der Waals surface area contributed by atoms with Gasteiger partial charge in [0.1, 0.15) is 5.75 Å². The smallest absolute Gasteiger partial charge is 0.330 e.